The van der Waals surface area contributed by atoms with E-state index in [1.807, 2.05) is 0 Å². The van der Waals surface area contributed by atoms with Gasteiger partial charge in [-0.1, -0.05) is 0 Å². The van der Waals surface area contributed by atoms with E-state index in [9.17, 15) is 0 Å². The molecule has 0 bridgehead atoms. The van der Waals surface area contributed by atoms with Crippen LogP contribution in [0.1, 0.15) is 0 Å². The van der Waals surface area contributed by atoms with Crippen molar-refractivity contribution in [3.8, 4) is 0 Å². The van der Waals surface area contributed by atoms with Crippen molar-refractivity contribution in [2.75, 3.05) is 4.43 Å². The molecule has 0 fully saturated rings. The molecule has 6 heavy (non-hydrogen) atoms. The van der Waals surface area contributed by atoms with Gasteiger partial charge in [-0.3, -0.25) is 0 Å². The fraction of sp³-hybridized carbons (Fsp3) is 0.333. The van der Waals surface area contributed by atoms with Gasteiger partial charge in [0.25, 0.3) is 0 Å². The quantitative estimate of drug-likeness (QED) is 0.389. The zero-order chi connectivity index (χ0) is 4.24. The van der Waals surface area contributed by atoms with E-state index in [0.717, 1.165) is 0 Å². The van der Waals surface area contributed by atoms with Gasteiger partial charge in [-0.15, -0.1) is 0 Å². The first kappa shape index (κ1) is 5.14. The molecule has 0 aromatic heterocycles. The second-order valence-corrected chi connectivity index (χ2v) is 6.45. The van der Waals surface area contributed by atoms with E-state index in [-0.39, 0.29) is 21.0 Å². The third-order valence-corrected chi connectivity index (χ3v) is 5.73. The van der Waals surface area contributed by atoms with Gasteiger partial charge in [0.1, 0.15) is 0 Å². The van der Waals surface area contributed by atoms with Crippen molar-refractivity contribution < 1.29 is 21.5 Å². The summed E-state index contributed by atoms with van der Waals surface area (Å²) in [6.45, 7) is 0. The first-order chi connectivity index (χ1) is 3.00. The third-order valence-electron chi connectivity index (χ3n) is 0.386. The van der Waals surface area contributed by atoms with E-state index in [1.165, 1.54) is 4.43 Å². The summed E-state index contributed by atoms with van der Waals surface area (Å²) in [6.07, 6.45) is 2.27. The summed E-state index contributed by atoms with van der Waals surface area (Å²) in [4.78, 5) is 0. The van der Waals surface area contributed by atoms with Crippen LogP contribution >= 0.6 is 21.0 Å². The van der Waals surface area contributed by atoms with E-state index in [4.69, 9.17) is 0 Å². The molecule has 0 unspecified atom stereocenters. The van der Waals surface area contributed by atoms with Crippen LogP contribution in [-0.4, -0.2) is 4.43 Å². The van der Waals surface area contributed by atoms with E-state index >= 15 is 0 Å². The van der Waals surface area contributed by atoms with Gasteiger partial charge in [-0.25, -0.2) is 0 Å². The number of allylic oxidation sites excluding steroid dienone is 1. The standard InChI is InChI=1S/C3H4I2N/c1-2-4-6-5-3-1/h1-2H,3H2/q-1. The van der Waals surface area contributed by atoms with E-state index in [2.05, 4.69) is 11.5 Å². The number of halogens is 2. The average Bonchev–Trinajstić information content (AvgIpc) is 1.72. The van der Waals surface area contributed by atoms with Gasteiger partial charge in [-0.05, 0) is 0 Å². The molecule has 0 saturated carbocycles. The van der Waals surface area contributed by atoms with E-state index < -0.39 is 0 Å². The first-order valence-electron chi connectivity index (χ1n) is 1.57. The third kappa shape index (κ3) is 1.63. The van der Waals surface area contributed by atoms with Crippen LogP contribution in [0.5, 0.6) is 0 Å². The molecular weight excluding hydrogens is 304 g/mol. The molecule has 1 nitrogen and oxygen atoms in total. The fourth-order valence-corrected chi connectivity index (χ4v) is 5.36. The maximum absolute atomic E-state index is 4.31. The molecule has 0 spiro atoms. The Morgan fingerprint density at radius 1 is 1.83 bits per heavy atom. The Balaban J connectivity index is 2.46. The fourth-order valence-electron chi connectivity index (χ4n) is 0.187. The second-order valence-electron chi connectivity index (χ2n) is 0.797. The van der Waals surface area contributed by atoms with Gasteiger partial charge in [0.05, 0.1) is 0 Å². The Hall–Kier alpha value is 1.00. The topological polar surface area (TPSA) is 12.4 Å². The molecule has 0 amide bonds. The molecule has 0 aromatic rings. The van der Waals surface area contributed by atoms with Gasteiger partial charge in [0.15, 0.2) is 0 Å². The van der Waals surface area contributed by atoms with Crippen molar-refractivity contribution in [3.63, 3.8) is 0 Å². The summed E-state index contributed by atoms with van der Waals surface area (Å²) >= 11 is 0.510. The number of hydrogen-bond acceptors (Lipinski definition) is 1. The van der Waals surface area contributed by atoms with Gasteiger partial charge in [0, 0.05) is 0 Å². The summed E-state index contributed by atoms with van der Waals surface area (Å²) < 4.78 is 7.84. The molecule has 1 heterocycles. The molecule has 1 rings (SSSR count). The molecule has 0 aromatic carbocycles. The molecule has 1 aliphatic rings. The van der Waals surface area contributed by atoms with Gasteiger partial charge in [-0.2, -0.15) is 0 Å². The van der Waals surface area contributed by atoms with Crippen LogP contribution in [0.15, 0.2) is 11.5 Å². The van der Waals surface area contributed by atoms with Crippen molar-refractivity contribution in [3.05, 3.63) is 10.2 Å². The Morgan fingerprint density at radius 3 is 3.00 bits per heavy atom. The molecule has 3 heteroatoms. The zero-order valence-electron chi connectivity index (χ0n) is 3.06. The van der Waals surface area contributed by atoms with Crippen molar-refractivity contribution in [1.82, 2.24) is 0 Å². The maximum atomic E-state index is 4.31. The average molecular weight is 308 g/mol. The summed E-state index contributed by atoms with van der Waals surface area (Å²) in [5.74, 6) is 0. The van der Waals surface area contributed by atoms with Crippen molar-refractivity contribution >= 4 is 21.0 Å². The van der Waals surface area contributed by atoms with Crippen LogP contribution in [-0.2, 0) is 0 Å². The monoisotopic (exact) mass is 308 g/mol. The second kappa shape index (κ2) is 3.06. The minimum atomic E-state index is 0.208. The zero-order valence-corrected chi connectivity index (χ0v) is 7.38. The Kier molecular flexibility index (Phi) is 2.62. The van der Waals surface area contributed by atoms with Gasteiger partial charge in [0.2, 0.25) is 0 Å². The molecule has 0 saturated heterocycles. The SMILES string of the molecule is C1=CI=N[I-]C1. The summed E-state index contributed by atoms with van der Waals surface area (Å²) in [6, 6.07) is 0. The predicted octanol–water partition coefficient (Wildman–Crippen LogP) is -1.33. The molecule has 0 N–H and O–H groups in total. The van der Waals surface area contributed by atoms with Gasteiger partial charge < -0.3 is 0 Å². The van der Waals surface area contributed by atoms with Crippen LogP contribution in [0, 0.1) is 0 Å². The molecule has 1 aliphatic heterocycles. The van der Waals surface area contributed by atoms with E-state index in [0.29, 0.717) is 21.5 Å². The van der Waals surface area contributed by atoms with Crippen LogP contribution in [0.25, 0.3) is 0 Å². The molecule has 36 valence electrons. The number of alkyl halides is 1. The van der Waals surface area contributed by atoms with Crippen molar-refractivity contribution in [2.45, 2.75) is 0 Å². The molecular formula is C3H4I2N-. The molecule has 0 aliphatic carbocycles. The number of nitrogens with zero attached hydrogens (tertiary/aromatic N) is 1. The number of hydrogen-bond donors (Lipinski definition) is 0. The molecule has 0 atom stereocenters. The predicted molar refractivity (Wildman–Crippen MR) is 30.5 cm³/mol. The van der Waals surface area contributed by atoms with Gasteiger partial charge >= 0.3 is 58.5 Å². The Bertz CT molecular complexity index is 74.8. The normalized spacial score (nSPS) is 21.3. The Labute approximate surface area is 58.0 Å². The van der Waals surface area contributed by atoms with Crippen LogP contribution in [0.4, 0.5) is 0 Å². The number of rotatable bonds is 0. The molecule has 0 radical (unpaired) electrons. The van der Waals surface area contributed by atoms with Crippen molar-refractivity contribution in [2.24, 2.45) is 1.36 Å². The first-order valence-corrected chi connectivity index (χ1v) is 6.27. The Morgan fingerprint density at radius 2 is 2.83 bits per heavy atom. The van der Waals surface area contributed by atoms with Crippen LogP contribution in [0.2, 0.25) is 0 Å². The summed E-state index contributed by atoms with van der Waals surface area (Å²) in [7, 11) is 0. The minimum absolute atomic E-state index is 0.208. The van der Waals surface area contributed by atoms with E-state index in [1.54, 1.807) is 0 Å². The van der Waals surface area contributed by atoms with Crippen LogP contribution in [0.3, 0.4) is 0 Å². The van der Waals surface area contributed by atoms with Crippen molar-refractivity contribution in [1.29, 1.82) is 0 Å². The summed E-state index contributed by atoms with van der Waals surface area (Å²) in [5, 5.41) is 0. The van der Waals surface area contributed by atoms with Crippen LogP contribution < -0.4 is 21.5 Å². The summed E-state index contributed by atoms with van der Waals surface area (Å²) in [5.41, 5.74) is 0.